The van der Waals surface area contributed by atoms with Crippen LogP contribution in [0.4, 0.5) is 5.69 Å². The van der Waals surface area contributed by atoms with Crippen LogP contribution in [0.25, 0.3) is 0 Å². The van der Waals surface area contributed by atoms with E-state index in [9.17, 15) is 8.42 Å². The van der Waals surface area contributed by atoms with Gasteiger partial charge in [-0.15, -0.1) is 6.58 Å². The Morgan fingerprint density at radius 1 is 1.42 bits per heavy atom. The van der Waals surface area contributed by atoms with Crippen LogP contribution in [0.2, 0.25) is 0 Å². The first-order valence-electron chi connectivity index (χ1n) is 5.93. The van der Waals surface area contributed by atoms with E-state index in [1.54, 1.807) is 26.0 Å². The molecule has 0 aromatic heterocycles. The Balaban J connectivity index is 3.41. The lowest BCUT2D eigenvalue weighted by atomic mass is 10.1. The number of aryl methyl sites for hydroxylation is 1. The van der Waals surface area contributed by atoms with Crippen LogP contribution in [-0.4, -0.2) is 37.5 Å². The lowest BCUT2D eigenvalue weighted by Crippen LogP contribution is -2.34. The molecule has 0 amide bonds. The smallest absolute Gasteiger partial charge is 0.244 e. The van der Waals surface area contributed by atoms with Gasteiger partial charge in [-0.25, -0.2) is 8.42 Å². The van der Waals surface area contributed by atoms with Crippen molar-refractivity contribution in [3.63, 3.8) is 0 Å². The number of nitrogens with zero attached hydrogens (tertiary/aromatic N) is 1. The molecule has 0 saturated carbocycles. The highest BCUT2D eigenvalue weighted by molar-refractivity contribution is 7.89. The van der Waals surface area contributed by atoms with Crippen molar-refractivity contribution in [2.24, 2.45) is 0 Å². The summed E-state index contributed by atoms with van der Waals surface area (Å²) in [6.45, 7) is 6.88. The van der Waals surface area contributed by atoms with Crippen LogP contribution in [0, 0.1) is 13.8 Å². The van der Waals surface area contributed by atoms with Gasteiger partial charge in [-0.3, -0.25) is 0 Å². The molecule has 0 unspecified atom stereocenters. The Morgan fingerprint density at radius 2 is 2.05 bits per heavy atom. The third kappa shape index (κ3) is 3.15. The summed E-state index contributed by atoms with van der Waals surface area (Å²) in [7, 11) is -3.69. The van der Waals surface area contributed by atoms with Gasteiger partial charge in [0.2, 0.25) is 10.0 Å². The number of hydrogen-bond donors (Lipinski definition) is 2. The van der Waals surface area contributed by atoms with Gasteiger partial charge in [-0.2, -0.15) is 4.31 Å². The molecule has 19 heavy (non-hydrogen) atoms. The van der Waals surface area contributed by atoms with Crippen molar-refractivity contribution in [2.75, 3.05) is 25.4 Å². The zero-order valence-electron chi connectivity index (χ0n) is 11.3. The minimum absolute atomic E-state index is 0.0298. The van der Waals surface area contributed by atoms with Crippen LogP contribution < -0.4 is 5.73 Å². The summed E-state index contributed by atoms with van der Waals surface area (Å²) in [6.07, 6.45) is 1.49. The van der Waals surface area contributed by atoms with E-state index in [1.165, 1.54) is 10.4 Å². The number of aliphatic hydroxyl groups excluding tert-OH is 1. The molecule has 0 atom stereocenters. The summed E-state index contributed by atoms with van der Waals surface area (Å²) in [4.78, 5) is 0.211. The van der Waals surface area contributed by atoms with Gasteiger partial charge in [-0.1, -0.05) is 12.1 Å². The summed E-state index contributed by atoms with van der Waals surface area (Å²) in [5.74, 6) is 0. The van der Waals surface area contributed by atoms with Crippen LogP contribution in [0.15, 0.2) is 29.7 Å². The maximum atomic E-state index is 12.6. The summed E-state index contributed by atoms with van der Waals surface area (Å²) >= 11 is 0. The Bertz CT molecular complexity index is 567. The molecule has 0 heterocycles. The fraction of sp³-hybridized carbons (Fsp3) is 0.385. The molecule has 0 spiro atoms. The number of benzene rings is 1. The minimum atomic E-state index is -3.69. The molecule has 0 bridgehead atoms. The topological polar surface area (TPSA) is 83.6 Å². The predicted octanol–water partition coefficient (Wildman–Crippen LogP) is 1.05. The van der Waals surface area contributed by atoms with Gasteiger partial charge < -0.3 is 10.8 Å². The average Bonchev–Trinajstić information content (AvgIpc) is 2.34. The van der Waals surface area contributed by atoms with Crippen molar-refractivity contribution in [2.45, 2.75) is 18.7 Å². The van der Waals surface area contributed by atoms with E-state index in [2.05, 4.69) is 6.58 Å². The molecule has 1 aromatic carbocycles. The van der Waals surface area contributed by atoms with Crippen molar-refractivity contribution in [1.82, 2.24) is 4.31 Å². The van der Waals surface area contributed by atoms with Crippen LogP contribution >= 0.6 is 0 Å². The van der Waals surface area contributed by atoms with Gasteiger partial charge in [-0.05, 0) is 31.0 Å². The molecule has 0 fully saturated rings. The van der Waals surface area contributed by atoms with Crippen LogP contribution in [-0.2, 0) is 10.0 Å². The summed E-state index contributed by atoms with van der Waals surface area (Å²) in [5.41, 5.74) is 7.39. The Hall–Kier alpha value is -1.37. The monoisotopic (exact) mass is 284 g/mol. The lowest BCUT2D eigenvalue weighted by Gasteiger charge is -2.22. The van der Waals surface area contributed by atoms with Crippen molar-refractivity contribution >= 4 is 15.7 Å². The van der Waals surface area contributed by atoms with E-state index < -0.39 is 10.0 Å². The zero-order chi connectivity index (χ0) is 14.6. The van der Waals surface area contributed by atoms with Gasteiger partial charge in [0, 0.05) is 18.8 Å². The highest BCUT2D eigenvalue weighted by atomic mass is 32.2. The molecule has 0 aliphatic carbocycles. The predicted molar refractivity (Wildman–Crippen MR) is 76.4 cm³/mol. The number of nitrogens with two attached hydrogens (primary N) is 1. The van der Waals surface area contributed by atoms with E-state index >= 15 is 0 Å². The molecule has 5 nitrogen and oxygen atoms in total. The number of aliphatic hydroxyl groups is 1. The number of rotatable bonds is 6. The summed E-state index contributed by atoms with van der Waals surface area (Å²) in [6, 6.07) is 3.37. The Kier molecular flexibility index (Phi) is 5.11. The second-order valence-electron chi connectivity index (χ2n) is 4.30. The largest absolute Gasteiger partial charge is 0.398 e. The molecule has 0 aliphatic rings. The van der Waals surface area contributed by atoms with Crippen molar-refractivity contribution < 1.29 is 13.5 Å². The number of sulfonamides is 1. The molecule has 1 aromatic rings. The fourth-order valence-electron chi connectivity index (χ4n) is 1.93. The molecule has 0 radical (unpaired) electrons. The highest BCUT2D eigenvalue weighted by Crippen LogP contribution is 2.27. The maximum Gasteiger partial charge on any atom is 0.244 e. The zero-order valence-corrected chi connectivity index (χ0v) is 12.1. The van der Waals surface area contributed by atoms with Crippen LogP contribution in [0.5, 0.6) is 0 Å². The first-order chi connectivity index (χ1) is 8.86. The van der Waals surface area contributed by atoms with Gasteiger partial charge in [0.1, 0.15) is 0 Å². The number of anilines is 1. The van der Waals surface area contributed by atoms with Crippen molar-refractivity contribution in [1.29, 1.82) is 0 Å². The number of hydrogen-bond acceptors (Lipinski definition) is 4. The first-order valence-corrected chi connectivity index (χ1v) is 7.37. The molecule has 6 heteroatoms. The molecule has 0 saturated heterocycles. The SMILES string of the molecule is C=CCN(CCO)S(=O)(=O)c1c(C)ccc(N)c1C. The van der Waals surface area contributed by atoms with E-state index in [1.807, 2.05) is 0 Å². The lowest BCUT2D eigenvalue weighted by molar-refractivity contribution is 0.260. The Labute approximate surface area is 114 Å². The average molecular weight is 284 g/mol. The highest BCUT2D eigenvalue weighted by Gasteiger charge is 2.27. The Morgan fingerprint density at radius 3 is 2.58 bits per heavy atom. The first kappa shape index (κ1) is 15.7. The molecule has 106 valence electrons. The summed E-state index contributed by atoms with van der Waals surface area (Å²) < 4.78 is 26.4. The summed E-state index contributed by atoms with van der Waals surface area (Å²) in [5, 5.41) is 9.00. The maximum absolute atomic E-state index is 12.6. The second kappa shape index (κ2) is 6.18. The number of nitrogen functional groups attached to an aromatic ring is 1. The van der Waals surface area contributed by atoms with E-state index in [0.29, 0.717) is 16.8 Å². The molecule has 0 aliphatic heterocycles. The fourth-order valence-corrected chi connectivity index (χ4v) is 3.80. The van der Waals surface area contributed by atoms with Crippen LogP contribution in [0.3, 0.4) is 0 Å². The molecular weight excluding hydrogens is 264 g/mol. The second-order valence-corrected chi connectivity index (χ2v) is 6.18. The van der Waals surface area contributed by atoms with Gasteiger partial charge in [0.15, 0.2) is 0 Å². The molecule has 3 N–H and O–H groups in total. The van der Waals surface area contributed by atoms with Crippen molar-refractivity contribution in [3.8, 4) is 0 Å². The molecular formula is C13H20N2O3S. The third-order valence-corrected chi connectivity index (χ3v) is 5.08. The third-order valence-electron chi connectivity index (χ3n) is 2.92. The van der Waals surface area contributed by atoms with Crippen molar-refractivity contribution in [3.05, 3.63) is 35.9 Å². The quantitative estimate of drug-likeness (QED) is 0.604. The van der Waals surface area contributed by atoms with Gasteiger partial charge in [0.25, 0.3) is 0 Å². The molecule has 1 rings (SSSR count). The van der Waals surface area contributed by atoms with Gasteiger partial charge >= 0.3 is 0 Å². The van der Waals surface area contributed by atoms with E-state index in [0.717, 1.165) is 0 Å². The van der Waals surface area contributed by atoms with E-state index in [4.69, 9.17) is 10.8 Å². The standard InChI is InChI=1S/C13H20N2O3S/c1-4-7-15(8-9-16)19(17,18)13-10(2)5-6-12(14)11(13)3/h4-6,16H,1,7-9,14H2,2-3H3. The normalized spacial score (nSPS) is 11.8. The van der Waals surface area contributed by atoms with Gasteiger partial charge in [0.05, 0.1) is 11.5 Å². The van der Waals surface area contributed by atoms with E-state index in [-0.39, 0.29) is 24.6 Å². The minimum Gasteiger partial charge on any atom is -0.398 e. The van der Waals surface area contributed by atoms with Crippen LogP contribution in [0.1, 0.15) is 11.1 Å².